The number of hydrogen-bond donors (Lipinski definition) is 4. The van der Waals surface area contributed by atoms with Gasteiger partial charge in [-0.05, 0) is 69.2 Å². The van der Waals surface area contributed by atoms with Gasteiger partial charge in [0.15, 0.2) is 0 Å². The van der Waals surface area contributed by atoms with Gasteiger partial charge in [0.1, 0.15) is 29.9 Å². The van der Waals surface area contributed by atoms with Crippen LogP contribution in [0.4, 0.5) is 9.59 Å². The highest BCUT2D eigenvalue weighted by Crippen LogP contribution is 2.07. The summed E-state index contributed by atoms with van der Waals surface area (Å²) in [5.74, 6) is -1.62. The second kappa shape index (κ2) is 19.5. The molecule has 0 rings (SSSR count). The summed E-state index contributed by atoms with van der Waals surface area (Å²) in [6.07, 6.45) is -1.55. The Bertz CT molecular complexity index is 669. The fourth-order valence-corrected chi connectivity index (χ4v) is 1.56. The van der Waals surface area contributed by atoms with Crippen LogP contribution in [0, 0.1) is 0 Å². The number of carbonyl (C=O) groups excluding carboxylic acids is 3. The highest BCUT2D eigenvalue weighted by Gasteiger charge is 2.22. The maximum absolute atomic E-state index is 11.5. The SMILES string of the molecule is CO[C@@H](C)CO.CO[C@@H](C)COC(=O)[C@H](C)NC(=O)OC(C)(C)C.C[C@H](NC(=O)OC(C)(C)C)C(=O)O. The number of carboxylic acids is 1. The Morgan fingerprint density at radius 1 is 0.730 bits per heavy atom. The number of amides is 2. The number of methoxy groups -OCH3 is 2. The first-order valence-corrected chi connectivity index (χ1v) is 11.7. The molecular weight excluding hydrogens is 492 g/mol. The van der Waals surface area contributed by atoms with Gasteiger partial charge in [-0.1, -0.05) is 0 Å². The Kier molecular flexibility index (Phi) is 20.5. The first-order valence-electron chi connectivity index (χ1n) is 11.7. The largest absolute Gasteiger partial charge is 0.480 e. The molecule has 0 saturated heterocycles. The molecule has 0 aromatic rings. The molecule has 0 aliphatic heterocycles. The van der Waals surface area contributed by atoms with Gasteiger partial charge < -0.3 is 44.5 Å². The molecule has 13 nitrogen and oxygen atoms in total. The van der Waals surface area contributed by atoms with Crippen molar-refractivity contribution in [3.8, 4) is 0 Å². The van der Waals surface area contributed by atoms with Crippen LogP contribution in [0.25, 0.3) is 0 Å². The first-order chi connectivity index (χ1) is 16.7. The standard InChI is InChI=1S/C12H23NO5.C8H15NO4.C4H10O2/c1-8(16-6)7-17-10(14)9(2)13-11(15)18-12(3,4)5;1-5(6(10)11)9-7(12)13-8(2,3)4;1-4(3-5)6-2/h8-9H,7H2,1-6H3,(H,13,15);5H,1-4H3,(H,9,12)(H,10,11);4-5H,3H2,1-2H3/t8-,9-;5-;4-/m000/s1. The van der Waals surface area contributed by atoms with Crippen molar-refractivity contribution in [1.82, 2.24) is 10.6 Å². The predicted molar refractivity (Wildman–Crippen MR) is 136 cm³/mol. The van der Waals surface area contributed by atoms with E-state index < -0.39 is 47.4 Å². The lowest BCUT2D eigenvalue weighted by Crippen LogP contribution is -2.42. The molecule has 0 bridgehead atoms. The van der Waals surface area contributed by atoms with Crippen LogP contribution in [0.15, 0.2) is 0 Å². The topological polar surface area (TPSA) is 179 Å². The van der Waals surface area contributed by atoms with Crippen molar-refractivity contribution in [2.45, 2.75) is 105 Å². The summed E-state index contributed by atoms with van der Waals surface area (Å²) in [5, 5.41) is 21.2. The highest BCUT2D eigenvalue weighted by molar-refractivity contribution is 5.81. The summed E-state index contributed by atoms with van der Waals surface area (Å²) in [5.41, 5.74) is -1.21. The number of carboxylic acid groups (broad SMARTS) is 1. The van der Waals surface area contributed by atoms with Crippen LogP contribution >= 0.6 is 0 Å². The third kappa shape index (κ3) is 27.8. The maximum Gasteiger partial charge on any atom is 0.408 e. The molecular formula is C24H48N2O11. The highest BCUT2D eigenvalue weighted by atomic mass is 16.6. The van der Waals surface area contributed by atoms with E-state index in [-0.39, 0.29) is 25.4 Å². The van der Waals surface area contributed by atoms with Crippen molar-refractivity contribution in [2.75, 3.05) is 27.4 Å². The average molecular weight is 541 g/mol. The lowest BCUT2D eigenvalue weighted by atomic mass is 10.2. The minimum atomic E-state index is -1.09. The lowest BCUT2D eigenvalue weighted by Gasteiger charge is -2.21. The monoisotopic (exact) mass is 540 g/mol. The van der Waals surface area contributed by atoms with Gasteiger partial charge in [0.05, 0.1) is 18.8 Å². The van der Waals surface area contributed by atoms with Crippen molar-refractivity contribution in [3.63, 3.8) is 0 Å². The Morgan fingerprint density at radius 3 is 1.38 bits per heavy atom. The molecule has 4 N–H and O–H groups in total. The second-order valence-electron chi connectivity index (χ2n) is 9.98. The smallest absolute Gasteiger partial charge is 0.408 e. The van der Waals surface area contributed by atoms with E-state index in [1.165, 1.54) is 21.0 Å². The minimum absolute atomic E-state index is 0.00926. The van der Waals surface area contributed by atoms with E-state index in [1.54, 1.807) is 62.5 Å². The molecule has 0 saturated carbocycles. The van der Waals surface area contributed by atoms with E-state index in [1.807, 2.05) is 0 Å². The molecule has 0 aromatic heterocycles. The van der Waals surface area contributed by atoms with Crippen LogP contribution in [0.5, 0.6) is 0 Å². The number of esters is 1. The van der Waals surface area contributed by atoms with E-state index in [0.717, 1.165) is 0 Å². The zero-order chi connectivity index (χ0) is 30.0. The second-order valence-corrected chi connectivity index (χ2v) is 9.98. The van der Waals surface area contributed by atoms with Crippen LogP contribution in [-0.4, -0.2) is 97.3 Å². The molecule has 0 aliphatic carbocycles. The quantitative estimate of drug-likeness (QED) is 0.249. The van der Waals surface area contributed by atoms with Crippen molar-refractivity contribution in [1.29, 1.82) is 0 Å². The molecule has 0 radical (unpaired) electrons. The van der Waals surface area contributed by atoms with Gasteiger partial charge in [-0.25, -0.2) is 14.4 Å². The third-order valence-corrected chi connectivity index (χ3v) is 3.71. The van der Waals surface area contributed by atoms with Crippen molar-refractivity contribution < 1.29 is 53.1 Å². The zero-order valence-electron chi connectivity index (χ0n) is 24.3. The summed E-state index contributed by atoms with van der Waals surface area (Å²) in [4.78, 5) is 44.2. The van der Waals surface area contributed by atoms with Gasteiger partial charge in [0.2, 0.25) is 0 Å². The summed E-state index contributed by atoms with van der Waals surface area (Å²) in [6, 6.07) is -1.70. The van der Waals surface area contributed by atoms with Gasteiger partial charge in [-0.3, -0.25) is 4.79 Å². The van der Waals surface area contributed by atoms with Gasteiger partial charge >= 0.3 is 24.1 Å². The van der Waals surface area contributed by atoms with E-state index >= 15 is 0 Å². The van der Waals surface area contributed by atoms with Crippen LogP contribution in [0.2, 0.25) is 0 Å². The minimum Gasteiger partial charge on any atom is -0.480 e. The van der Waals surface area contributed by atoms with Gasteiger partial charge in [-0.2, -0.15) is 0 Å². The average Bonchev–Trinajstić information content (AvgIpc) is 2.74. The predicted octanol–water partition coefficient (Wildman–Crippen LogP) is 2.48. The Hall–Kier alpha value is -2.64. The number of aliphatic carboxylic acids is 1. The van der Waals surface area contributed by atoms with Crippen LogP contribution in [0.1, 0.15) is 69.2 Å². The molecule has 37 heavy (non-hydrogen) atoms. The Morgan fingerprint density at radius 2 is 1.11 bits per heavy atom. The molecule has 0 fully saturated rings. The first kappa shape index (κ1) is 38.9. The third-order valence-electron chi connectivity index (χ3n) is 3.71. The number of rotatable bonds is 9. The normalized spacial score (nSPS) is 14.1. The molecule has 0 heterocycles. The maximum atomic E-state index is 11.5. The number of ether oxygens (including phenoxy) is 5. The molecule has 2 amide bonds. The fourth-order valence-electron chi connectivity index (χ4n) is 1.56. The summed E-state index contributed by atoms with van der Waals surface area (Å²) >= 11 is 0. The van der Waals surface area contributed by atoms with Gasteiger partial charge in [-0.15, -0.1) is 0 Å². The number of nitrogens with one attached hydrogen (secondary N) is 2. The zero-order valence-corrected chi connectivity index (χ0v) is 24.3. The summed E-state index contributed by atoms with van der Waals surface area (Å²) in [7, 11) is 3.10. The number of alkyl carbamates (subject to hydrolysis) is 2. The lowest BCUT2D eigenvalue weighted by molar-refractivity contribution is -0.148. The molecule has 0 spiro atoms. The van der Waals surface area contributed by atoms with Gasteiger partial charge in [0.25, 0.3) is 0 Å². The summed E-state index contributed by atoms with van der Waals surface area (Å²) in [6.45, 7) is 17.1. The van der Waals surface area contributed by atoms with E-state index in [4.69, 9.17) is 29.2 Å². The van der Waals surface area contributed by atoms with Crippen LogP contribution in [-0.2, 0) is 33.3 Å². The molecule has 220 valence electrons. The van der Waals surface area contributed by atoms with Crippen LogP contribution in [0.3, 0.4) is 0 Å². The van der Waals surface area contributed by atoms with E-state index in [0.29, 0.717) is 0 Å². The van der Waals surface area contributed by atoms with Gasteiger partial charge in [0, 0.05) is 14.2 Å². The van der Waals surface area contributed by atoms with Crippen molar-refractivity contribution >= 4 is 24.1 Å². The number of carbonyl (C=O) groups is 4. The number of hydrogen-bond acceptors (Lipinski definition) is 10. The fraction of sp³-hybridized carbons (Fsp3) is 0.833. The Balaban J connectivity index is -0.000000529. The molecule has 13 heteroatoms. The van der Waals surface area contributed by atoms with E-state index in [2.05, 4.69) is 15.4 Å². The molecule has 0 aromatic carbocycles. The molecule has 4 atom stereocenters. The van der Waals surface area contributed by atoms with Crippen LogP contribution < -0.4 is 10.6 Å². The summed E-state index contributed by atoms with van der Waals surface area (Å²) < 4.78 is 24.4. The number of aliphatic hydroxyl groups is 1. The molecule has 0 unspecified atom stereocenters. The van der Waals surface area contributed by atoms with Crippen molar-refractivity contribution in [2.24, 2.45) is 0 Å². The molecule has 0 aliphatic rings. The number of aliphatic hydroxyl groups excluding tert-OH is 1. The van der Waals surface area contributed by atoms with Crippen molar-refractivity contribution in [3.05, 3.63) is 0 Å². The van der Waals surface area contributed by atoms with E-state index in [9.17, 15) is 19.2 Å². The Labute approximate surface area is 220 Å².